The van der Waals surface area contributed by atoms with Crippen LogP contribution in [0.25, 0.3) is 0 Å². The molecule has 2 rings (SSSR count). The number of piperazine rings is 1. The summed E-state index contributed by atoms with van der Waals surface area (Å²) in [5, 5.41) is 3.90. The lowest BCUT2D eigenvalue weighted by Gasteiger charge is -2.32. The number of anilines is 1. The molecule has 1 aliphatic rings. The van der Waals surface area contributed by atoms with Gasteiger partial charge in [0, 0.05) is 39.3 Å². The number of aromatic nitrogens is 2. The van der Waals surface area contributed by atoms with E-state index in [4.69, 9.17) is 23.2 Å². The van der Waals surface area contributed by atoms with Crippen molar-refractivity contribution in [1.29, 1.82) is 0 Å². The van der Waals surface area contributed by atoms with Gasteiger partial charge >= 0.3 is 0 Å². The normalized spacial score (nSPS) is 17.9. The summed E-state index contributed by atoms with van der Waals surface area (Å²) in [5.74, 6) is 0.603. The van der Waals surface area contributed by atoms with E-state index < -0.39 is 0 Å². The third-order valence-corrected chi connectivity index (χ3v) is 3.49. The second-order valence-electron chi connectivity index (χ2n) is 4.41. The van der Waals surface area contributed by atoms with Crippen LogP contribution in [0.1, 0.15) is 0 Å². The molecule has 0 aliphatic carbocycles. The van der Waals surface area contributed by atoms with Crippen molar-refractivity contribution in [2.75, 3.05) is 51.6 Å². The molecule has 1 aliphatic heterocycles. The Balaban J connectivity index is 1.76. The summed E-state index contributed by atoms with van der Waals surface area (Å²) in [7, 11) is 2.15. The smallest absolute Gasteiger partial charge is 0.224 e. The van der Waals surface area contributed by atoms with E-state index in [0.29, 0.717) is 10.8 Å². The minimum atomic E-state index is 0.210. The van der Waals surface area contributed by atoms with E-state index in [1.807, 2.05) is 0 Å². The number of nitrogens with zero attached hydrogens (tertiary/aromatic N) is 4. The van der Waals surface area contributed by atoms with Crippen LogP contribution in [0.15, 0.2) is 6.20 Å². The lowest BCUT2D eigenvalue weighted by atomic mass is 10.3. The highest BCUT2D eigenvalue weighted by Crippen LogP contribution is 2.18. The molecule has 1 aromatic heterocycles. The highest BCUT2D eigenvalue weighted by atomic mass is 35.5. The van der Waals surface area contributed by atoms with E-state index in [1.165, 1.54) is 6.20 Å². The summed E-state index contributed by atoms with van der Waals surface area (Å²) < 4.78 is 0. The molecule has 0 amide bonds. The largest absolute Gasteiger partial charge is 0.367 e. The zero-order valence-electron chi connectivity index (χ0n) is 10.4. The van der Waals surface area contributed by atoms with Crippen LogP contribution in [-0.2, 0) is 0 Å². The van der Waals surface area contributed by atoms with Crippen molar-refractivity contribution in [2.24, 2.45) is 0 Å². The van der Waals surface area contributed by atoms with Crippen LogP contribution in [0.3, 0.4) is 0 Å². The zero-order chi connectivity index (χ0) is 13.0. The second kappa shape index (κ2) is 6.52. The summed E-state index contributed by atoms with van der Waals surface area (Å²) in [4.78, 5) is 12.6. The fourth-order valence-electron chi connectivity index (χ4n) is 1.87. The molecule has 7 heteroatoms. The van der Waals surface area contributed by atoms with E-state index >= 15 is 0 Å². The van der Waals surface area contributed by atoms with Crippen LogP contribution in [0, 0.1) is 0 Å². The molecule has 1 saturated heterocycles. The number of halogens is 2. The molecule has 0 aromatic carbocycles. The Kier molecular flexibility index (Phi) is 5.00. The van der Waals surface area contributed by atoms with Crippen LogP contribution >= 0.6 is 23.2 Å². The summed E-state index contributed by atoms with van der Waals surface area (Å²) in [6.45, 7) is 6.25. The topological polar surface area (TPSA) is 44.3 Å². The van der Waals surface area contributed by atoms with Crippen LogP contribution in [0.5, 0.6) is 0 Å². The Hall–Kier alpha value is -0.620. The van der Waals surface area contributed by atoms with Gasteiger partial charge in [-0.1, -0.05) is 11.6 Å². The van der Waals surface area contributed by atoms with Crippen molar-refractivity contribution >= 4 is 29.0 Å². The molecule has 0 spiro atoms. The first-order valence-corrected chi connectivity index (χ1v) is 6.73. The predicted octanol–water partition coefficient (Wildman–Crippen LogP) is 1.44. The number of hydrogen-bond acceptors (Lipinski definition) is 5. The van der Waals surface area contributed by atoms with Crippen molar-refractivity contribution in [3.63, 3.8) is 0 Å². The van der Waals surface area contributed by atoms with Gasteiger partial charge in [-0.2, -0.15) is 4.98 Å². The predicted molar refractivity (Wildman–Crippen MR) is 74.5 cm³/mol. The molecule has 100 valence electrons. The van der Waals surface area contributed by atoms with Gasteiger partial charge in [-0.25, -0.2) is 4.98 Å². The van der Waals surface area contributed by atoms with Crippen LogP contribution in [-0.4, -0.2) is 66.1 Å². The molecule has 2 heterocycles. The van der Waals surface area contributed by atoms with Gasteiger partial charge in [-0.05, 0) is 18.6 Å². The molecular weight excluding hydrogens is 273 g/mol. The van der Waals surface area contributed by atoms with Crippen molar-refractivity contribution in [2.45, 2.75) is 0 Å². The van der Waals surface area contributed by atoms with Gasteiger partial charge in [0.1, 0.15) is 10.8 Å². The fourth-order valence-corrected chi connectivity index (χ4v) is 2.16. The molecular formula is C11H17Cl2N5. The Morgan fingerprint density at radius 3 is 2.72 bits per heavy atom. The molecule has 0 atom stereocenters. The van der Waals surface area contributed by atoms with Crippen molar-refractivity contribution in [1.82, 2.24) is 19.8 Å². The molecule has 1 aromatic rings. The van der Waals surface area contributed by atoms with Gasteiger partial charge in [0.15, 0.2) is 0 Å². The summed E-state index contributed by atoms with van der Waals surface area (Å²) in [5.41, 5.74) is 0. The van der Waals surface area contributed by atoms with E-state index in [1.54, 1.807) is 0 Å². The van der Waals surface area contributed by atoms with E-state index in [0.717, 1.165) is 39.3 Å². The molecule has 18 heavy (non-hydrogen) atoms. The average Bonchev–Trinajstić information content (AvgIpc) is 2.36. The third kappa shape index (κ3) is 3.95. The van der Waals surface area contributed by atoms with Gasteiger partial charge in [0.2, 0.25) is 5.28 Å². The first-order chi connectivity index (χ1) is 8.65. The van der Waals surface area contributed by atoms with E-state index in [2.05, 4.69) is 32.1 Å². The Labute approximate surface area is 117 Å². The highest BCUT2D eigenvalue weighted by Gasteiger charge is 2.13. The van der Waals surface area contributed by atoms with E-state index in [-0.39, 0.29) is 5.28 Å². The maximum Gasteiger partial charge on any atom is 0.224 e. The minimum Gasteiger partial charge on any atom is -0.367 e. The lowest BCUT2D eigenvalue weighted by Crippen LogP contribution is -2.45. The highest BCUT2D eigenvalue weighted by molar-refractivity contribution is 6.33. The number of likely N-dealkylation sites (N-methyl/N-ethyl adjacent to an activating group) is 1. The summed E-state index contributed by atoms with van der Waals surface area (Å²) in [6, 6.07) is 0. The van der Waals surface area contributed by atoms with Gasteiger partial charge in [0.05, 0.1) is 6.20 Å². The average molecular weight is 290 g/mol. The second-order valence-corrected chi connectivity index (χ2v) is 5.15. The van der Waals surface area contributed by atoms with Crippen LogP contribution in [0.4, 0.5) is 5.82 Å². The maximum absolute atomic E-state index is 5.97. The Bertz CT molecular complexity index is 393. The standard InChI is InChI=1S/C11H17Cl2N5/c1-17-4-6-18(7-5-17)3-2-14-10-9(12)8-15-11(13)16-10/h8H,2-7H2,1H3,(H,14,15,16). The lowest BCUT2D eigenvalue weighted by molar-refractivity contribution is 0.158. The van der Waals surface area contributed by atoms with Gasteiger partial charge in [-0.3, -0.25) is 4.90 Å². The molecule has 0 unspecified atom stereocenters. The van der Waals surface area contributed by atoms with E-state index in [9.17, 15) is 0 Å². The first kappa shape index (κ1) is 13.8. The number of nitrogens with one attached hydrogen (secondary N) is 1. The van der Waals surface area contributed by atoms with Crippen LogP contribution in [0.2, 0.25) is 10.3 Å². The molecule has 0 saturated carbocycles. The van der Waals surface area contributed by atoms with Crippen molar-refractivity contribution < 1.29 is 0 Å². The maximum atomic E-state index is 5.97. The minimum absolute atomic E-state index is 0.210. The third-order valence-electron chi connectivity index (χ3n) is 3.03. The Morgan fingerprint density at radius 2 is 2.00 bits per heavy atom. The zero-order valence-corrected chi connectivity index (χ0v) is 11.9. The molecule has 0 radical (unpaired) electrons. The van der Waals surface area contributed by atoms with Gasteiger partial charge in [-0.15, -0.1) is 0 Å². The first-order valence-electron chi connectivity index (χ1n) is 5.98. The van der Waals surface area contributed by atoms with Crippen molar-refractivity contribution in [3.8, 4) is 0 Å². The van der Waals surface area contributed by atoms with Crippen molar-refractivity contribution in [3.05, 3.63) is 16.5 Å². The quantitative estimate of drug-likeness (QED) is 0.850. The molecule has 1 fully saturated rings. The summed E-state index contributed by atoms with van der Waals surface area (Å²) >= 11 is 11.7. The number of hydrogen-bond donors (Lipinski definition) is 1. The van der Waals surface area contributed by atoms with Crippen LogP contribution < -0.4 is 5.32 Å². The molecule has 1 N–H and O–H groups in total. The van der Waals surface area contributed by atoms with Gasteiger partial charge < -0.3 is 10.2 Å². The molecule has 0 bridgehead atoms. The fraction of sp³-hybridized carbons (Fsp3) is 0.636. The Morgan fingerprint density at radius 1 is 1.28 bits per heavy atom. The SMILES string of the molecule is CN1CCN(CCNc2nc(Cl)ncc2Cl)CC1. The number of rotatable bonds is 4. The van der Waals surface area contributed by atoms with Gasteiger partial charge in [0.25, 0.3) is 0 Å². The summed E-state index contributed by atoms with van der Waals surface area (Å²) in [6.07, 6.45) is 1.51. The monoisotopic (exact) mass is 289 g/mol. The molecule has 5 nitrogen and oxygen atoms in total.